The molecule has 2 rings (SSSR count). The molecule has 9 heteroatoms. The Hall–Kier alpha value is -0.770. The van der Waals surface area contributed by atoms with Crippen molar-refractivity contribution in [1.29, 1.82) is 0 Å². The number of carbonyl (C=O) groups is 1. The van der Waals surface area contributed by atoms with Gasteiger partial charge in [-0.1, -0.05) is 29.3 Å². The number of nitrogens with zero attached hydrogens (tertiary/aromatic N) is 2. The van der Waals surface area contributed by atoms with Gasteiger partial charge < -0.3 is 16.4 Å². The number of amides is 1. The zero-order chi connectivity index (χ0) is 19.6. The van der Waals surface area contributed by atoms with Crippen LogP contribution in [0.5, 0.6) is 0 Å². The predicted octanol–water partition coefficient (Wildman–Crippen LogP) is 3.05. The number of rotatable bonds is 8. The van der Waals surface area contributed by atoms with E-state index >= 15 is 0 Å². The monoisotopic (exact) mass is 541 g/mol. The van der Waals surface area contributed by atoms with Crippen molar-refractivity contribution in [3.63, 3.8) is 0 Å². The lowest BCUT2D eigenvalue weighted by molar-refractivity contribution is -0.119. The smallest absolute Gasteiger partial charge is 0.231 e. The fourth-order valence-electron chi connectivity index (χ4n) is 3.15. The Morgan fingerprint density at radius 2 is 2.04 bits per heavy atom. The van der Waals surface area contributed by atoms with Gasteiger partial charge in [0.2, 0.25) is 5.91 Å². The maximum absolute atomic E-state index is 11.0. The minimum absolute atomic E-state index is 0. The fourth-order valence-corrected chi connectivity index (χ4v) is 3.66. The molecule has 0 radical (unpaired) electrons. The quantitative estimate of drug-likeness (QED) is 0.204. The van der Waals surface area contributed by atoms with E-state index in [-0.39, 0.29) is 29.9 Å². The third kappa shape index (κ3) is 9.15. The van der Waals surface area contributed by atoms with Gasteiger partial charge in [0.1, 0.15) is 0 Å². The summed E-state index contributed by atoms with van der Waals surface area (Å²) in [4.78, 5) is 17.8. The molecule has 1 fully saturated rings. The van der Waals surface area contributed by atoms with Crippen LogP contribution in [0.25, 0.3) is 0 Å². The molecule has 6 nitrogen and oxygen atoms in total. The first-order valence-corrected chi connectivity index (χ1v) is 10.2. The summed E-state index contributed by atoms with van der Waals surface area (Å²) in [7, 11) is 0. The van der Waals surface area contributed by atoms with Gasteiger partial charge in [0.05, 0.1) is 6.54 Å². The van der Waals surface area contributed by atoms with Gasteiger partial charge in [-0.2, -0.15) is 0 Å². The summed E-state index contributed by atoms with van der Waals surface area (Å²) >= 11 is 12.1. The Morgan fingerprint density at radius 3 is 2.64 bits per heavy atom. The molecule has 1 heterocycles. The molecular weight excluding hydrogens is 512 g/mol. The first-order valence-electron chi connectivity index (χ1n) is 9.47. The molecule has 0 atom stereocenters. The van der Waals surface area contributed by atoms with Gasteiger partial charge >= 0.3 is 0 Å². The second kappa shape index (κ2) is 13.5. The molecule has 0 bridgehead atoms. The summed E-state index contributed by atoms with van der Waals surface area (Å²) in [5.41, 5.74) is 6.36. The highest BCUT2D eigenvalue weighted by Gasteiger charge is 2.20. The van der Waals surface area contributed by atoms with Crippen LogP contribution < -0.4 is 16.4 Å². The van der Waals surface area contributed by atoms with Gasteiger partial charge in [0.25, 0.3) is 0 Å². The minimum Gasteiger partial charge on any atom is -0.369 e. The summed E-state index contributed by atoms with van der Waals surface area (Å²) < 4.78 is 0. The van der Waals surface area contributed by atoms with Gasteiger partial charge in [-0.25, -0.2) is 0 Å². The maximum Gasteiger partial charge on any atom is 0.231 e. The number of benzene rings is 1. The van der Waals surface area contributed by atoms with E-state index in [4.69, 9.17) is 28.9 Å². The summed E-state index contributed by atoms with van der Waals surface area (Å²) in [6.07, 6.45) is 3.72. The van der Waals surface area contributed by atoms with E-state index in [9.17, 15) is 4.79 Å². The maximum atomic E-state index is 11.0. The normalized spacial score (nSPS) is 15.8. The number of aliphatic imine (C=N–C) groups is 1. The van der Waals surface area contributed by atoms with Crippen LogP contribution in [-0.2, 0) is 11.2 Å². The lowest BCUT2D eigenvalue weighted by atomic mass is 10.1. The molecule has 1 aromatic rings. The number of nitrogens with two attached hydrogens (primary N) is 1. The Balaban J connectivity index is 0.00000392. The van der Waals surface area contributed by atoms with E-state index < -0.39 is 0 Å². The van der Waals surface area contributed by atoms with Crippen molar-refractivity contribution in [2.75, 3.05) is 32.7 Å². The van der Waals surface area contributed by atoms with Crippen molar-refractivity contribution in [1.82, 2.24) is 15.5 Å². The van der Waals surface area contributed by atoms with E-state index in [1.165, 1.54) is 0 Å². The Bertz CT molecular complexity index is 651. The summed E-state index contributed by atoms with van der Waals surface area (Å²) in [5.74, 6) is 0.574. The Morgan fingerprint density at radius 1 is 1.32 bits per heavy atom. The molecule has 1 saturated heterocycles. The predicted molar refractivity (Wildman–Crippen MR) is 128 cm³/mol. The van der Waals surface area contributed by atoms with E-state index in [1.54, 1.807) is 6.07 Å². The molecule has 28 heavy (non-hydrogen) atoms. The average molecular weight is 542 g/mol. The number of likely N-dealkylation sites (tertiary alicyclic amines) is 1. The summed E-state index contributed by atoms with van der Waals surface area (Å²) in [6.45, 7) is 5.67. The van der Waals surface area contributed by atoms with Crippen molar-refractivity contribution >= 4 is 59.0 Å². The van der Waals surface area contributed by atoms with Crippen LogP contribution in [0, 0.1) is 0 Å². The first kappa shape index (κ1) is 25.3. The number of hydrogen-bond donors (Lipinski definition) is 3. The van der Waals surface area contributed by atoms with Gasteiger partial charge in [0.15, 0.2) is 5.96 Å². The lowest BCUT2D eigenvalue weighted by Gasteiger charge is -2.32. The third-order valence-electron chi connectivity index (χ3n) is 4.54. The second-order valence-corrected chi connectivity index (χ2v) is 7.60. The molecule has 1 aliphatic rings. The van der Waals surface area contributed by atoms with E-state index in [1.807, 2.05) is 12.1 Å². The molecule has 0 spiro atoms. The first-order chi connectivity index (χ1) is 13.0. The van der Waals surface area contributed by atoms with Gasteiger partial charge in [0, 0.05) is 42.3 Å². The van der Waals surface area contributed by atoms with E-state index in [2.05, 4.69) is 27.4 Å². The van der Waals surface area contributed by atoms with Crippen LogP contribution in [0.4, 0.5) is 0 Å². The van der Waals surface area contributed by atoms with Gasteiger partial charge in [-0.15, -0.1) is 24.0 Å². The number of nitrogens with one attached hydrogen (secondary N) is 2. The van der Waals surface area contributed by atoms with Crippen molar-refractivity contribution in [2.24, 2.45) is 10.7 Å². The fraction of sp³-hybridized carbons (Fsp3) is 0.579. The lowest BCUT2D eigenvalue weighted by Crippen LogP contribution is -2.49. The molecule has 1 aliphatic heterocycles. The van der Waals surface area contributed by atoms with Crippen molar-refractivity contribution in [2.45, 2.75) is 38.6 Å². The van der Waals surface area contributed by atoms with E-state index in [0.717, 1.165) is 63.4 Å². The van der Waals surface area contributed by atoms with Crippen molar-refractivity contribution < 1.29 is 4.79 Å². The SMILES string of the molecule is CCNC(=NCCCc1ccc(Cl)cc1Cl)NC1CCN(CC(N)=O)CC1.I. The topological polar surface area (TPSA) is 82.8 Å². The average Bonchev–Trinajstić information content (AvgIpc) is 2.61. The number of primary amides is 1. The standard InChI is InChI=1S/C19H29Cl2N5O.HI/c1-2-23-19(25-16-7-10-26(11-8-16)13-18(22)27)24-9-3-4-14-5-6-15(20)12-17(14)21;/h5-6,12,16H,2-4,7-11,13H2,1H3,(H2,22,27)(H2,23,24,25);1H. The number of carbonyl (C=O) groups excluding carboxylic acids is 1. The highest BCUT2D eigenvalue weighted by molar-refractivity contribution is 14.0. The Labute approximate surface area is 194 Å². The van der Waals surface area contributed by atoms with Crippen LogP contribution in [0.1, 0.15) is 31.7 Å². The van der Waals surface area contributed by atoms with Crippen LogP contribution in [0.2, 0.25) is 10.0 Å². The van der Waals surface area contributed by atoms with Crippen LogP contribution in [0.3, 0.4) is 0 Å². The number of aryl methyl sites for hydroxylation is 1. The molecule has 1 aromatic carbocycles. The minimum atomic E-state index is -0.267. The molecular formula is C19H30Cl2IN5O. The van der Waals surface area contributed by atoms with Crippen molar-refractivity contribution in [3.05, 3.63) is 33.8 Å². The zero-order valence-corrected chi connectivity index (χ0v) is 20.1. The summed E-state index contributed by atoms with van der Waals surface area (Å²) in [6, 6.07) is 5.97. The van der Waals surface area contributed by atoms with Crippen LogP contribution in [-0.4, -0.2) is 55.5 Å². The van der Waals surface area contributed by atoms with Gasteiger partial charge in [-0.05, 0) is 50.3 Å². The molecule has 0 unspecified atom stereocenters. The Kier molecular flexibility index (Phi) is 12.1. The second-order valence-electron chi connectivity index (χ2n) is 6.76. The van der Waals surface area contributed by atoms with Crippen molar-refractivity contribution in [3.8, 4) is 0 Å². The number of hydrogen-bond acceptors (Lipinski definition) is 3. The molecule has 4 N–H and O–H groups in total. The summed E-state index contributed by atoms with van der Waals surface area (Å²) in [5, 5.41) is 8.16. The van der Waals surface area contributed by atoms with Crippen LogP contribution >= 0.6 is 47.2 Å². The van der Waals surface area contributed by atoms with Gasteiger partial charge in [-0.3, -0.25) is 14.7 Å². The molecule has 1 amide bonds. The largest absolute Gasteiger partial charge is 0.369 e. The highest BCUT2D eigenvalue weighted by atomic mass is 127. The third-order valence-corrected chi connectivity index (χ3v) is 5.13. The highest BCUT2D eigenvalue weighted by Crippen LogP contribution is 2.22. The van der Waals surface area contributed by atoms with Crippen LogP contribution in [0.15, 0.2) is 23.2 Å². The molecule has 0 aliphatic carbocycles. The zero-order valence-electron chi connectivity index (χ0n) is 16.2. The molecule has 0 saturated carbocycles. The number of halogens is 3. The van der Waals surface area contributed by atoms with E-state index in [0.29, 0.717) is 22.6 Å². The number of piperidine rings is 1. The number of guanidine groups is 1. The molecule has 0 aromatic heterocycles. The molecule has 158 valence electrons.